The number of hydrogen-bond donors (Lipinski definition) is 1. The van der Waals surface area contributed by atoms with Gasteiger partial charge in [-0.1, -0.05) is 29.8 Å². The summed E-state index contributed by atoms with van der Waals surface area (Å²) >= 11 is 7.93. The van der Waals surface area contributed by atoms with Crippen molar-refractivity contribution in [2.24, 2.45) is 11.7 Å². The molecule has 0 aliphatic rings. The van der Waals surface area contributed by atoms with Gasteiger partial charge in [0.25, 0.3) is 0 Å². The molecule has 0 spiro atoms. The molecule has 0 fully saturated rings. The van der Waals surface area contributed by atoms with E-state index in [9.17, 15) is 0 Å². The molecule has 1 aromatic carbocycles. The summed E-state index contributed by atoms with van der Waals surface area (Å²) in [4.78, 5) is 5.58. The Labute approximate surface area is 117 Å². The molecular weight excluding hydrogens is 264 g/mol. The minimum atomic E-state index is 0.421. The molecule has 96 valence electrons. The third kappa shape index (κ3) is 3.55. The highest BCUT2D eigenvalue weighted by atomic mass is 35.5. The van der Waals surface area contributed by atoms with E-state index in [1.165, 1.54) is 10.4 Å². The van der Waals surface area contributed by atoms with Crippen molar-refractivity contribution in [2.45, 2.75) is 19.8 Å². The van der Waals surface area contributed by atoms with Gasteiger partial charge < -0.3 is 5.73 Å². The minimum absolute atomic E-state index is 0.421. The van der Waals surface area contributed by atoms with Gasteiger partial charge >= 0.3 is 0 Å². The lowest BCUT2D eigenvalue weighted by atomic mass is 9.96. The van der Waals surface area contributed by atoms with E-state index in [0.29, 0.717) is 12.5 Å². The molecule has 2 N–H and O–H groups in total. The van der Waals surface area contributed by atoms with Crippen LogP contribution in [0.2, 0.25) is 5.02 Å². The van der Waals surface area contributed by atoms with Crippen molar-refractivity contribution in [3.05, 3.63) is 50.9 Å². The number of rotatable bonds is 5. The predicted octanol–water partition coefficient (Wildman–Crippen LogP) is 3.47. The zero-order valence-corrected chi connectivity index (χ0v) is 12.0. The first-order valence-electron chi connectivity index (χ1n) is 6.04. The second-order valence-corrected chi connectivity index (χ2v) is 6.17. The molecule has 18 heavy (non-hydrogen) atoms. The van der Waals surface area contributed by atoms with E-state index in [4.69, 9.17) is 17.3 Å². The van der Waals surface area contributed by atoms with Crippen molar-refractivity contribution in [3.8, 4) is 0 Å². The average Bonchev–Trinajstić information content (AvgIpc) is 2.76. The summed E-state index contributed by atoms with van der Waals surface area (Å²) in [7, 11) is 0. The van der Waals surface area contributed by atoms with Gasteiger partial charge in [-0.05, 0) is 43.9 Å². The molecule has 0 amide bonds. The van der Waals surface area contributed by atoms with E-state index in [1.807, 2.05) is 31.3 Å². The van der Waals surface area contributed by atoms with Crippen LogP contribution in [0.3, 0.4) is 0 Å². The summed E-state index contributed by atoms with van der Waals surface area (Å²) in [6.07, 6.45) is 3.86. The summed E-state index contributed by atoms with van der Waals surface area (Å²) < 4.78 is 0. The minimum Gasteiger partial charge on any atom is -0.330 e. The van der Waals surface area contributed by atoms with E-state index >= 15 is 0 Å². The van der Waals surface area contributed by atoms with Gasteiger partial charge in [0.2, 0.25) is 0 Å². The number of aryl methyl sites for hydroxylation is 1. The highest BCUT2D eigenvalue weighted by Crippen LogP contribution is 2.22. The third-order valence-corrected chi connectivity index (χ3v) is 4.26. The van der Waals surface area contributed by atoms with Gasteiger partial charge in [0, 0.05) is 16.1 Å². The fourth-order valence-electron chi connectivity index (χ4n) is 2.00. The normalized spacial score (nSPS) is 12.6. The maximum Gasteiger partial charge on any atom is 0.0896 e. The zero-order valence-electron chi connectivity index (χ0n) is 10.4. The number of aromatic nitrogens is 1. The Hall–Kier alpha value is -0.900. The molecule has 0 saturated heterocycles. The van der Waals surface area contributed by atoms with Crippen LogP contribution in [0, 0.1) is 12.8 Å². The quantitative estimate of drug-likeness (QED) is 0.911. The van der Waals surface area contributed by atoms with Crippen molar-refractivity contribution in [1.29, 1.82) is 0 Å². The molecule has 1 atom stereocenters. The number of nitrogens with zero attached hydrogens (tertiary/aromatic N) is 1. The molecule has 0 aliphatic carbocycles. The van der Waals surface area contributed by atoms with Gasteiger partial charge in [-0.3, -0.25) is 0 Å². The Morgan fingerprint density at radius 2 is 2.11 bits per heavy atom. The van der Waals surface area contributed by atoms with Gasteiger partial charge in [-0.2, -0.15) is 0 Å². The summed E-state index contributed by atoms with van der Waals surface area (Å²) in [6, 6.07) is 7.98. The predicted molar refractivity (Wildman–Crippen MR) is 78.3 cm³/mol. The van der Waals surface area contributed by atoms with Crippen LogP contribution in [0.5, 0.6) is 0 Å². The van der Waals surface area contributed by atoms with Gasteiger partial charge in [0.15, 0.2) is 0 Å². The van der Waals surface area contributed by atoms with E-state index in [0.717, 1.165) is 22.9 Å². The second kappa shape index (κ2) is 6.32. The van der Waals surface area contributed by atoms with Crippen molar-refractivity contribution in [1.82, 2.24) is 4.98 Å². The van der Waals surface area contributed by atoms with Gasteiger partial charge in [-0.25, -0.2) is 4.98 Å². The molecule has 1 aromatic heterocycles. The lowest BCUT2D eigenvalue weighted by Gasteiger charge is -2.14. The number of nitrogens with two attached hydrogens (primary N) is 1. The first kappa shape index (κ1) is 13.5. The van der Waals surface area contributed by atoms with Crippen LogP contribution in [-0.2, 0) is 12.8 Å². The highest BCUT2D eigenvalue weighted by molar-refractivity contribution is 7.11. The fourth-order valence-corrected chi connectivity index (χ4v) is 3.12. The lowest BCUT2D eigenvalue weighted by molar-refractivity contribution is 0.537. The van der Waals surface area contributed by atoms with Gasteiger partial charge in [0.05, 0.1) is 5.01 Å². The Morgan fingerprint density at radius 3 is 2.72 bits per heavy atom. The van der Waals surface area contributed by atoms with Gasteiger partial charge in [0.1, 0.15) is 0 Å². The Kier molecular flexibility index (Phi) is 4.75. The first-order valence-corrected chi connectivity index (χ1v) is 7.23. The largest absolute Gasteiger partial charge is 0.330 e. The van der Waals surface area contributed by atoms with Crippen LogP contribution in [-0.4, -0.2) is 11.5 Å². The molecule has 0 radical (unpaired) electrons. The number of halogens is 1. The molecule has 2 nitrogen and oxygen atoms in total. The SMILES string of the molecule is Cc1ncc(CC(CN)Cc2ccccc2Cl)s1. The first-order chi connectivity index (χ1) is 8.69. The van der Waals surface area contributed by atoms with Crippen LogP contribution in [0.1, 0.15) is 15.4 Å². The molecule has 1 unspecified atom stereocenters. The van der Waals surface area contributed by atoms with Crippen molar-refractivity contribution in [2.75, 3.05) is 6.54 Å². The summed E-state index contributed by atoms with van der Waals surface area (Å²) in [5.41, 5.74) is 7.04. The smallest absolute Gasteiger partial charge is 0.0896 e. The van der Waals surface area contributed by atoms with E-state index in [1.54, 1.807) is 11.3 Å². The monoisotopic (exact) mass is 280 g/mol. The maximum absolute atomic E-state index is 6.18. The molecule has 2 aromatic rings. The molecule has 1 heterocycles. The Balaban J connectivity index is 2.04. The Morgan fingerprint density at radius 1 is 1.33 bits per heavy atom. The van der Waals surface area contributed by atoms with Gasteiger partial charge in [-0.15, -0.1) is 11.3 Å². The van der Waals surface area contributed by atoms with Crippen molar-refractivity contribution < 1.29 is 0 Å². The summed E-state index contributed by atoms with van der Waals surface area (Å²) in [6.45, 7) is 2.70. The average molecular weight is 281 g/mol. The van der Waals surface area contributed by atoms with E-state index in [-0.39, 0.29) is 0 Å². The van der Waals surface area contributed by atoms with E-state index in [2.05, 4.69) is 11.1 Å². The molecule has 2 rings (SSSR count). The number of benzene rings is 1. The van der Waals surface area contributed by atoms with E-state index < -0.39 is 0 Å². The summed E-state index contributed by atoms with van der Waals surface area (Å²) in [5.74, 6) is 0.421. The molecule has 0 saturated carbocycles. The number of hydrogen-bond acceptors (Lipinski definition) is 3. The molecule has 0 bridgehead atoms. The third-order valence-electron chi connectivity index (χ3n) is 2.96. The van der Waals surface area contributed by atoms with Crippen LogP contribution >= 0.6 is 22.9 Å². The lowest BCUT2D eigenvalue weighted by Crippen LogP contribution is -2.19. The van der Waals surface area contributed by atoms with Crippen LogP contribution < -0.4 is 5.73 Å². The molecule has 4 heteroatoms. The summed E-state index contributed by atoms with van der Waals surface area (Å²) in [5, 5.41) is 1.94. The molecular formula is C14H17ClN2S. The standard InChI is InChI=1S/C14H17ClN2S/c1-10-17-9-13(18-10)7-11(8-16)6-12-4-2-3-5-14(12)15/h2-5,9,11H,6-8,16H2,1H3. The second-order valence-electron chi connectivity index (χ2n) is 4.45. The topological polar surface area (TPSA) is 38.9 Å². The van der Waals surface area contributed by atoms with Crippen molar-refractivity contribution in [3.63, 3.8) is 0 Å². The van der Waals surface area contributed by atoms with Crippen LogP contribution in [0.4, 0.5) is 0 Å². The van der Waals surface area contributed by atoms with Crippen molar-refractivity contribution >= 4 is 22.9 Å². The molecule has 0 aliphatic heterocycles. The number of thiazole rings is 1. The maximum atomic E-state index is 6.18. The Bertz CT molecular complexity index is 510. The highest BCUT2D eigenvalue weighted by Gasteiger charge is 2.12. The zero-order chi connectivity index (χ0) is 13.0. The van der Waals surface area contributed by atoms with Crippen LogP contribution in [0.25, 0.3) is 0 Å². The fraction of sp³-hybridized carbons (Fsp3) is 0.357. The van der Waals surface area contributed by atoms with Crippen LogP contribution in [0.15, 0.2) is 30.5 Å².